The number of carbonyl (C=O) groups excluding carboxylic acids is 1. The van der Waals surface area contributed by atoms with Crippen LogP contribution in [0.15, 0.2) is 30.5 Å². The molecule has 2 aromatic carbocycles. The molecule has 0 N–H and O–H groups in total. The summed E-state index contributed by atoms with van der Waals surface area (Å²) >= 11 is 1.47. The van der Waals surface area contributed by atoms with Gasteiger partial charge in [0.15, 0.2) is 5.78 Å². The predicted octanol–water partition coefficient (Wildman–Crippen LogP) is 6.21. The molecule has 7 heteroatoms. The van der Waals surface area contributed by atoms with Crippen molar-refractivity contribution in [3.8, 4) is 22.1 Å². The molecular formula is C27H28N2O4S. The van der Waals surface area contributed by atoms with Crippen LogP contribution < -0.4 is 9.47 Å². The van der Waals surface area contributed by atoms with Gasteiger partial charge in [0, 0.05) is 34.7 Å². The number of benzene rings is 2. The fourth-order valence-electron chi connectivity index (χ4n) is 4.69. The molecule has 0 saturated carbocycles. The van der Waals surface area contributed by atoms with Crippen molar-refractivity contribution < 1.29 is 19.0 Å². The number of nitrogens with zero attached hydrogens (tertiary/aromatic N) is 2. The zero-order chi connectivity index (χ0) is 24.2. The molecule has 0 fully saturated rings. The van der Waals surface area contributed by atoms with Crippen molar-refractivity contribution in [2.45, 2.75) is 52.7 Å². The molecule has 6 nitrogen and oxygen atoms in total. The van der Waals surface area contributed by atoms with E-state index in [1.807, 2.05) is 52.1 Å². The minimum Gasteiger partial charge on any atom is -0.493 e. The molecular weight excluding hydrogens is 448 g/mol. The van der Waals surface area contributed by atoms with Crippen LogP contribution in [0.1, 0.15) is 50.5 Å². The van der Waals surface area contributed by atoms with E-state index in [-0.39, 0.29) is 5.78 Å². The van der Waals surface area contributed by atoms with E-state index in [0.717, 1.165) is 55.5 Å². The Bertz CT molecular complexity index is 1420. The third-order valence-electron chi connectivity index (χ3n) is 6.02. The van der Waals surface area contributed by atoms with Crippen molar-refractivity contribution in [1.29, 1.82) is 0 Å². The Balaban J connectivity index is 1.90. The van der Waals surface area contributed by atoms with E-state index in [0.29, 0.717) is 11.8 Å². The lowest BCUT2D eigenvalue weighted by Crippen LogP contribution is -2.27. The van der Waals surface area contributed by atoms with Gasteiger partial charge in [0.05, 0.1) is 35.1 Å². The lowest BCUT2D eigenvalue weighted by Gasteiger charge is -2.29. The second kappa shape index (κ2) is 8.32. The van der Waals surface area contributed by atoms with Gasteiger partial charge in [0.1, 0.15) is 11.9 Å². The van der Waals surface area contributed by atoms with Crippen LogP contribution in [0.25, 0.3) is 32.2 Å². The van der Waals surface area contributed by atoms with E-state index >= 15 is 0 Å². The number of methoxy groups -OCH3 is 1. The van der Waals surface area contributed by atoms with E-state index in [2.05, 4.69) is 11.1 Å². The summed E-state index contributed by atoms with van der Waals surface area (Å²) < 4.78 is 18.7. The summed E-state index contributed by atoms with van der Waals surface area (Å²) in [4.78, 5) is 22.4. The summed E-state index contributed by atoms with van der Waals surface area (Å²) in [5, 5.41) is 1.60. The average molecular weight is 477 g/mol. The highest BCUT2D eigenvalue weighted by molar-refractivity contribution is 7.20. The van der Waals surface area contributed by atoms with Crippen molar-refractivity contribution in [2.75, 3.05) is 13.7 Å². The molecule has 2 aromatic heterocycles. The highest BCUT2D eigenvalue weighted by Crippen LogP contribution is 2.47. The zero-order valence-electron chi connectivity index (χ0n) is 20.3. The first-order chi connectivity index (χ1) is 16.2. The first kappa shape index (κ1) is 22.7. The Kier molecular flexibility index (Phi) is 5.57. The zero-order valence-corrected chi connectivity index (χ0v) is 21.1. The minimum atomic E-state index is -0.727. The fraction of sp³-hybridized carbons (Fsp3) is 0.370. The maximum absolute atomic E-state index is 13.0. The third kappa shape index (κ3) is 3.83. The summed E-state index contributed by atoms with van der Waals surface area (Å²) in [6.07, 6.45) is 1.96. The third-order valence-corrected chi connectivity index (χ3v) is 7.07. The van der Waals surface area contributed by atoms with Crippen molar-refractivity contribution in [2.24, 2.45) is 0 Å². The number of pyridine rings is 1. The maximum atomic E-state index is 13.0. The van der Waals surface area contributed by atoms with Gasteiger partial charge < -0.3 is 14.2 Å². The molecule has 0 saturated heterocycles. The summed E-state index contributed by atoms with van der Waals surface area (Å²) in [5.74, 6) is 0.795. The molecule has 4 aromatic rings. The number of aryl methyl sites for hydroxylation is 1. The van der Waals surface area contributed by atoms with Crippen LogP contribution in [0.2, 0.25) is 0 Å². The molecule has 0 bridgehead atoms. The predicted molar refractivity (Wildman–Crippen MR) is 135 cm³/mol. The number of thiazole rings is 1. The summed E-state index contributed by atoms with van der Waals surface area (Å²) in [5.41, 5.74) is 6.03. The Morgan fingerprint density at radius 2 is 2.03 bits per heavy atom. The summed E-state index contributed by atoms with van der Waals surface area (Å²) in [6.45, 7) is 10.1. The topological polar surface area (TPSA) is 70.5 Å². The van der Waals surface area contributed by atoms with Crippen LogP contribution in [0.4, 0.5) is 0 Å². The van der Waals surface area contributed by atoms with Gasteiger partial charge in [0.2, 0.25) is 0 Å². The van der Waals surface area contributed by atoms with Crippen molar-refractivity contribution in [1.82, 2.24) is 9.97 Å². The quantitative estimate of drug-likeness (QED) is 0.341. The van der Waals surface area contributed by atoms with Gasteiger partial charge in [-0.3, -0.25) is 9.78 Å². The van der Waals surface area contributed by atoms with Gasteiger partial charge in [-0.1, -0.05) is 11.3 Å². The monoisotopic (exact) mass is 476 g/mol. The minimum absolute atomic E-state index is 0.0471. The molecule has 0 amide bonds. The molecule has 0 radical (unpaired) electrons. The van der Waals surface area contributed by atoms with Crippen LogP contribution in [0.5, 0.6) is 10.9 Å². The fourth-order valence-corrected chi connectivity index (χ4v) is 5.62. The SMILES string of the molecule is COc1nc2cc(C)c([C@H](OC(C)(C)C)C(C)=O)c(-c3ccc4c5c(ccnc35)CCO4)c2s1. The molecule has 1 aliphatic heterocycles. The van der Waals surface area contributed by atoms with Gasteiger partial charge in [-0.05, 0) is 70.0 Å². The molecule has 0 aliphatic carbocycles. The van der Waals surface area contributed by atoms with Crippen LogP contribution >= 0.6 is 11.3 Å². The number of ether oxygens (including phenoxy) is 3. The van der Waals surface area contributed by atoms with Crippen LogP contribution in [0, 0.1) is 6.92 Å². The Morgan fingerprint density at radius 1 is 1.24 bits per heavy atom. The first-order valence-electron chi connectivity index (χ1n) is 11.4. The normalized spacial score (nSPS) is 14.3. The van der Waals surface area contributed by atoms with E-state index in [1.165, 1.54) is 16.9 Å². The standard InChI is InChI=1S/C27H28N2O4S/c1-14-13-18-25(34-26(29-18)31-6)22(20(14)24(15(2)30)33-27(3,4)5)17-7-8-19-21-16(10-12-32-19)9-11-28-23(17)21/h7-9,11,13,24H,10,12H2,1-6H3/t24-/m1/s1. The lowest BCUT2D eigenvalue weighted by molar-refractivity contribution is -0.138. The van der Waals surface area contributed by atoms with Gasteiger partial charge in [-0.2, -0.15) is 0 Å². The van der Waals surface area contributed by atoms with Crippen LogP contribution in [0.3, 0.4) is 0 Å². The second-order valence-corrected chi connectivity index (χ2v) is 10.6. The van der Waals surface area contributed by atoms with E-state index in [1.54, 1.807) is 14.0 Å². The lowest BCUT2D eigenvalue weighted by atomic mass is 9.88. The largest absolute Gasteiger partial charge is 0.493 e. The second-order valence-electron chi connectivity index (χ2n) is 9.64. The van der Waals surface area contributed by atoms with Gasteiger partial charge in [-0.15, -0.1) is 0 Å². The van der Waals surface area contributed by atoms with Gasteiger partial charge in [-0.25, -0.2) is 4.98 Å². The smallest absolute Gasteiger partial charge is 0.274 e. The Hall–Kier alpha value is -3.03. The molecule has 176 valence electrons. The van der Waals surface area contributed by atoms with Gasteiger partial charge >= 0.3 is 0 Å². The summed E-state index contributed by atoms with van der Waals surface area (Å²) in [7, 11) is 1.62. The molecule has 34 heavy (non-hydrogen) atoms. The van der Waals surface area contributed by atoms with Crippen molar-refractivity contribution >= 4 is 38.2 Å². The Morgan fingerprint density at radius 3 is 2.74 bits per heavy atom. The van der Waals surface area contributed by atoms with Crippen LogP contribution in [-0.2, 0) is 16.0 Å². The van der Waals surface area contributed by atoms with Crippen LogP contribution in [-0.4, -0.2) is 35.1 Å². The molecule has 5 rings (SSSR count). The molecule has 0 spiro atoms. The Labute approximate surface area is 202 Å². The number of rotatable bonds is 5. The molecule has 1 aliphatic rings. The summed E-state index contributed by atoms with van der Waals surface area (Å²) in [6, 6.07) is 8.11. The highest BCUT2D eigenvalue weighted by atomic mass is 32.1. The number of carbonyl (C=O) groups is 1. The molecule has 0 unspecified atom stereocenters. The average Bonchev–Trinajstić information content (AvgIpc) is 3.20. The van der Waals surface area contributed by atoms with Crippen molar-refractivity contribution in [3.05, 3.63) is 47.2 Å². The maximum Gasteiger partial charge on any atom is 0.274 e. The number of aromatic nitrogens is 2. The number of ketones is 1. The van der Waals surface area contributed by atoms with E-state index in [9.17, 15) is 4.79 Å². The van der Waals surface area contributed by atoms with E-state index in [4.69, 9.17) is 19.2 Å². The number of fused-ring (bicyclic) bond motifs is 1. The van der Waals surface area contributed by atoms with E-state index < -0.39 is 11.7 Å². The number of hydrogen-bond acceptors (Lipinski definition) is 7. The number of hydrogen-bond donors (Lipinski definition) is 0. The molecule has 1 atom stereocenters. The highest BCUT2D eigenvalue weighted by Gasteiger charge is 2.31. The number of Topliss-reactive ketones (excluding diaryl/α,β-unsaturated/α-hetero) is 1. The first-order valence-corrected chi connectivity index (χ1v) is 12.2. The molecule has 3 heterocycles. The van der Waals surface area contributed by atoms with Crippen molar-refractivity contribution in [3.63, 3.8) is 0 Å². The van der Waals surface area contributed by atoms with Gasteiger partial charge in [0.25, 0.3) is 5.19 Å².